The average molecular weight is 188 g/mol. The first-order valence-electron chi connectivity index (χ1n) is 4.33. The minimum absolute atomic E-state index is 0.156. The Morgan fingerprint density at radius 1 is 1.50 bits per heavy atom. The second-order valence-corrected chi connectivity index (χ2v) is 2.62. The fourth-order valence-electron chi connectivity index (χ4n) is 0.875. The molecule has 0 radical (unpaired) electrons. The standard InChI is InChI=1S/C11H12N2O/c1-2-3-4-7-11(14)13-10-6-5-8-12-9-10/h2-9H,1H3,(H,13,14). The molecule has 1 rings (SSSR count). The molecule has 1 N–H and O–H groups in total. The predicted molar refractivity (Wildman–Crippen MR) is 56.8 cm³/mol. The molecule has 0 unspecified atom stereocenters. The first-order valence-corrected chi connectivity index (χ1v) is 4.33. The van der Waals surface area contributed by atoms with Gasteiger partial charge in [-0.25, -0.2) is 0 Å². The summed E-state index contributed by atoms with van der Waals surface area (Å²) in [5.41, 5.74) is 0.697. The van der Waals surface area contributed by atoms with E-state index in [0.29, 0.717) is 5.69 Å². The van der Waals surface area contributed by atoms with Crippen molar-refractivity contribution in [1.29, 1.82) is 0 Å². The molecule has 0 aliphatic heterocycles. The minimum Gasteiger partial charge on any atom is -0.321 e. The summed E-state index contributed by atoms with van der Waals surface area (Å²) in [6, 6.07) is 3.56. The van der Waals surface area contributed by atoms with Gasteiger partial charge in [0.1, 0.15) is 0 Å². The van der Waals surface area contributed by atoms with Crippen LogP contribution in [0.15, 0.2) is 48.8 Å². The molecular weight excluding hydrogens is 176 g/mol. The first-order chi connectivity index (χ1) is 6.83. The molecule has 0 aromatic carbocycles. The molecule has 0 saturated carbocycles. The highest BCUT2D eigenvalue weighted by atomic mass is 16.1. The molecule has 1 heterocycles. The van der Waals surface area contributed by atoms with E-state index >= 15 is 0 Å². The van der Waals surface area contributed by atoms with Gasteiger partial charge in [-0.1, -0.05) is 18.2 Å². The number of hydrogen-bond donors (Lipinski definition) is 1. The number of aromatic nitrogens is 1. The van der Waals surface area contributed by atoms with Gasteiger partial charge < -0.3 is 5.32 Å². The highest BCUT2D eigenvalue weighted by molar-refractivity contribution is 5.99. The van der Waals surface area contributed by atoms with E-state index in [2.05, 4.69) is 10.3 Å². The Morgan fingerprint density at radius 3 is 3.00 bits per heavy atom. The van der Waals surface area contributed by atoms with Crippen molar-refractivity contribution in [2.75, 3.05) is 5.32 Å². The maximum Gasteiger partial charge on any atom is 0.248 e. The molecule has 0 fully saturated rings. The third kappa shape index (κ3) is 3.67. The SMILES string of the molecule is CC=CC=CC(=O)Nc1cccnc1. The van der Waals surface area contributed by atoms with Crippen molar-refractivity contribution >= 4 is 11.6 Å². The quantitative estimate of drug-likeness (QED) is 0.583. The molecule has 72 valence electrons. The topological polar surface area (TPSA) is 42.0 Å². The Balaban J connectivity index is 2.50. The van der Waals surface area contributed by atoms with Gasteiger partial charge in [0.25, 0.3) is 0 Å². The van der Waals surface area contributed by atoms with Crippen molar-refractivity contribution in [2.45, 2.75) is 6.92 Å². The molecular formula is C11H12N2O. The van der Waals surface area contributed by atoms with E-state index in [4.69, 9.17) is 0 Å². The second-order valence-electron chi connectivity index (χ2n) is 2.62. The van der Waals surface area contributed by atoms with E-state index in [-0.39, 0.29) is 5.91 Å². The summed E-state index contributed by atoms with van der Waals surface area (Å²) in [5, 5.41) is 2.68. The van der Waals surface area contributed by atoms with Crippen LogP contribution < -0.4 is 5.32 Å². The zero-order valence-electron chi connectivity index (χ0n) is 7.97. The number of allylic oxidation sites excluding steroid dienone is 3. The zero-order chi connectivity index (χ0) is 10.2. The average Bonchev–Trinajstić information content (AvgIpc) is 2.20. The summed E-state index contributed by atoms with van der Waals surface area (Å²) in [7, 11) is 0. The van der Waals surface area contributed by atoms with Gasteiger partial charge >= 0.3 is 0 Å². The normalized spacial score (nSPS) is 10.9. The molecule has 1 amide bonds. The highest BCUT2D eigenvalue weighted by Crippen LogP contribution is 2.01. The molecule has 14 heavy (non-hydrogen) atoms. The van der Waals surface area contributed by atoms with E-state index in [1.54, 1.807) is 36.7 Å². The Hall–Kier alpha value is -1.90. The number of anilines is 1. The number of nitrogens with one attached hydrogen (secondary N) is 1. The predicted octanol–water partition coefficient (Wildman–Crippen LogP) is 2.15. The van der Waals surface area contributed by atoms with Gasteiger partial charge in [-0.05, 0) is 19.1 Å². The Kier molecular flexibility index (Phi) is 4.14. The van der Waals surface area contributed by atoms with Gasteiger partial charge in [-0.2, -0.15) is 0 Å². The van der Waals surface area contributed by atoms with Crippen LogP contribution in [0.25, 0.3) is 0 Å². The van der Waals surface area contributed by atoms with Crippen LogP contribution in [0, 0.1) is 0 Å². The van der Waals surface area contributed by atoms with Gasteiger partial charge in [0.15, 0.2) is 0 Å². The van der Waals surface area contributed by atoms with Crippen LogP contribution in [0.3, 0.4) is 0 Å². The molecule has 0 bridgehead atoms. The second kappa shape index (κ2) is 5.70. The summed E-state index contributed by atoms with van der Waals surface area (Å²) in [4.78, 5) is 15.1. The van der Waals surface area contributed by atoms with Crippen LogP contribution in [0.1, 0.15) is 6.92 Å². The maximum atomic E-state index is 11.2. The fourth-order valence-corrected chi connectivity index (χ4v) is 0.875. The molecule has 0 aliphatic carbocycles. The van der Waals surface area contributed by atoms with Crippen molar-refractivity contribution in [3.8, 4) is 0 Å². The highest BCUT2D eigenvalue weighted by Gasteiger charge is 1.94. The van der Waals surface area contributed by atoms with Crippen LogP contribution in [0.5, 0.6) is 0 Å². The van der Waals surface area contributed by atoms with Gasteiger partial charge in [0, 0.05) is 12.3 Å². The number of pyridine rings is 1. The maximum absolute atomic E-state index is 11.2. The third-order valence-corrected chi connectivity index (χ3v) is 1.48. The van der Waals surface area contributed by atoms with Gasteiger partial charge in [-0.3, -0.25) is 9.78 Å². The van der Waals surface area contributed by atoms with Crippen molar-refractivity contribution < 1.29 is 4.79 Å². The van der Waals surface area contributed by atoms with Gasteiger partial charge in [0.2, 0.25) is 5.91 Å². The van der Waals surface area contributed by atoms with E-state index < -0.39 is 0 Å². The lowest BCUT2D eigenvalue weighted by molar-refractivity contribution is -0.111. The molecule has 1 aromatic heterocycles. The van der Waals surface area contributed by atoms with Crippen molar-refractivity contribution in [1.82, 2.24) is 4.98 Å². The number of amides is 1. The number of nitrogens with zero attached hydrogens (tertiary/aromatic N) is 1. The van der Waals surface area contributed by atoms with E-state index in [1.165, 1.54) is 6.08 Å². The smallest absolute Gasteiger partial charge is 0.248 e. The molecule has 0 atom stereocenters. The van der Waals surface area contributed by atoms with Crippen LogP contribution in [0.2, 0.25) is 0 Å². The first kappa shape index (κ1) is 10.2. The molecule has 1 aromatic rings. The summed E-state index contributed by atoms with van der Waals surface area (Å²) in [6.45, 7) is 1.89. The Labute approximate surface area is 83.2 Å². The van der Waals surface area contributed by atoms with Crippen LogP contribution >= 0.6 is 0 Å². The molecule has 0 spiro atoms. The molecule has 3 heteroatoms. The van der Waals surface area contributed by atoms with Crippen LogP contribution in [-0.2, 0) is 4.79 Å². The summed E-state index contributed by atoms with van der Waals surface area (Å²) in [5.74, 6) is -0.156. The van der Waals surface area contributed by atoms with E-state index in [1.807, 2.05) is 13.0 Å². The van der Waals surface area contributed by atoms with E-state index in [9.17, 15) is 4.79 Å². The number of rotatable bonds is 3. The Morgan fingerprint density at radius 2 is 2.36 bits per heavy atom. The van der Waals surface area contributed by atoms with Crippen molar-refractivity contribution in [3.05, 3.63) is 48.8 Å². The summed E-state index contributed by atoms with van der Waals surface area (Å²) in [6.07, 6.45) is 10.1. The minimum atomic E-state index is -0.156. The fraction of sp³-hybridized carbons (Fsp3) is 0.0909. The van der Waals surface area contributed by atoms with Gasteiger partial charge in [-0.15, -0.1) is 0 Å². The third-order valence-electron chi connectivity index (χ3n) is 1.48. The van der Waals surface area contributed by atoms with E-state index in [0.717, 1.165) is 0 Å². The van der Waals surface area contributed by atoms with Crippen molar-refractivity contribution in [3.63, 3.8) is 0 Å². The summed E-state index contributed by atoms with van der Waals surface area (Å²) >= 11 is 0. The number of hydrogen-bond acceptors (Lipinski definition) is 2. The van der Waals surface area contributed by atoms with Crippen LogP contribution in [-0.4, -0.2) is 10.9 Å². The lowest BCUT2D eigenvalue weighted by Gasteiger charge is -1.98. The van der Waals surface area contributed by atoms with Crippen LogP contribution in [0.4, 0.5) is 5.69 Å². The largest absolute Gasteiger partial charge is 0.321 e. The monoisotopic (exact) mass is 188 g/mol. The summed E-state index contributed by atoms with van der Waals surface area (Å²) < 4.78 is 0. The molecule has 0 aliphatic rings. The molecule has 3 nitrogen and oxygen atoms in total. The lowest BCUT2D eigenvalue weighted by Crippen LogP contribution is -2.07. The van der Waals surface area contributed by atoms with Gasteiger partial charge in [0.05, 0.1) is 11.9 Å². The number of carbonyl (C=O) groups is 1. The Bertz CT molecular complexity index is 342. The zero-order valence-corrected chi connectivity index (χ0v) is 7.97. The number of carbonyl (C=O) groups excluding carboxylic acids is 1. The van der Waals surface area contributed by atoms with Crippen molar-refractivity contribution in [2.24, 2.45) is 0 Å². The molecule has 0 saturated heterocycles. The lowest BCUT2D eigenvalue weighted by atomic mass is 10.4.